The van der Waals surface area contributed by atoms with Gasteiger partial charge in [0.2, 0.25) is 0 Å². The standard InChI is InChI=1S/C17H19F3N2O6S/c1-4-5-26-11-6-13(28-12(11)8-27-16(25)29-9(2)3)22-7-10(17(18,19)20)14(23)21-15(22)24/h1,7,9,11-13H,5-6,8H2,2-3H3,(H,21,23,24)/t11-,12+,13+/m0/s1. The van der Waals surface area contributed by atoms with Gasteiger partial charge in [-0.2, -0.15) is 13.2 Å². The molecule has 0 spiro atoms. The van der Waals surface area contributed by atoms with Gasteiger partial charge in [-0.3, -0.25) is 14.3 Å². The molecule has 1 fully saturated rings. The van der Waals surface area contributed by atoms with Gasteiger partial charge in [-0.25, -0.2) is 9.59 Å². The van der Waals surface area contributed by atoms with Crippen LogP contribution in [0.2, 0.25) is 0 Å². The molecule has 0 radical (unpaired) electrons. The Morgan fingerprint density at radius 3 is 2.76 bits per heavy atom. The monoisotopic (exact) mass is 436 g/mol. The third kappa shape index (κ3) is 6.12. The largest absolute Gasteiger partial charge is 0.455 e. The summed E-state index contributed by atoms with van der Waals surface area (Å²) < 4.78 is 55.7. The van der Waals surface area contributed by atoms with Crippen LogP contribution >= 0.6 is 11.8 Å². The number of rotatable bonds is 6. The van der Waals surface area contributed by atoms with Crippen molar-refractivity contribution in [1.29, 1.82) is 0 Å². The summed E-state index contributed by atoms with van der Waals surface area (Å²) in [6.45, 7) is 3.25. The van der Waals surface area contributed by atoms with Crippen molar-refractivity contribution in [3.63, 3.8) is 0 Å². The zero-order valence-corrected chi connectivity index (χ0v) is 16.3. The molecule has 1 aromatic rings. The van der Waals surface area contributed by atoms with Gasteiger partial charge >= 0.3 is 17.2 Å². The molecule has 0 unspecified atom stereocenters. The lowest BCUT2D eigenvalue weighted by atomic mass is 10.2. The van der Waals surface area contributed by atoms with E-state index in [9.17, 15) is 27.6 Å². The molecule has 1 saturated heterocycles. The summed E-state index contributed by atoms with van der Waals surface area (Å²) in [5.74, 6) is 2.25. The van der Waals surface area contributed by atoms with Crippen molar-refractivity contribution in [3.8, 4) is 12.3 Å². The SMILES string of the molecule is C#CCO[C@H]1C[C@H](n2cc(C(F)(F)F)c(=O)[nH]c2=O)O[C@@H]1COC(=O)SC(C)C. The van der Waals surface area contributed by atoms with E-state index in [1.165, 1.54) is 0 Å². The number of aromatic nitrogens is 2. The fourth-order valence-electron chi connectivity index (χ4n) is 2.63. The first-order valence-electron chi connectivity index (χ1n) is 8.49. The van der Waals surface area contributed by atoms with Crippen LogP contribution in [0.4, 0.5) is 18.0 Å². The Morgan fingerprint density at radius 2 is 2.17 bits per heavy atom. The lowest BCUT2D eigenvalue weighted by Gasteiger charge is -2.18. The van der Waals surface area contributed by atoms with E-state index in [0.29, 0.717) is 10.8 Å². The van der Waals surface area contributed by atoms with E-state index >= 15 is 0 Å². The van der Waals surface area contributed by atoms with Crippen LogP contribution in [0, 0.1) is 12.3 Å². The smallest absolute Gasteiger partial charge is 0.423 e. The Hall–Kier alpha value is -2.23. The molecule has 29 heavy (non-hydrogen) atoms. The maximum absolute atomic E-state index is 13.0. The molecule has 1 N–H and O–H groups in total. The van der Waals surface area contributed by atoms with Crippen LogP contribution in [0.3, 0.4) is 0 Å². The number of aromatic amines is 1. The van der Waals surface area contributed by atoms with Gasteiger partial charge in [-0.15, -0.1) is 6.42 Å². The van der Waals surface area contributed by atoms with Gasteiger partial charge in [0.15, 0.2) is 0 Å². The number of halogens is 3. The van der Waals surface area contributed by atoms with E-state index in [-0.39, 0.29) is 24.9 Å². The topological polar surface area (TPSA) is 99.6 Å². The molecule has 8 nitrogen and oxygen atoms in total. The molecule has 0 aliphatic carbocycles. The molecule has 1 aliphatic rings. The highest BCUT2D eigenvalue weighted by Crippen LogP contribution is 2.32. The number of hydrogen-bond acceptors (Lipinski definition) is 7. The number of terminal acetylenes is 1. The highest BCUT2D eigenvalue weighted by atomic mass is 32.2. The molecular weight excluding hydrogens is 417 g/mol. The van der Waals surface area contributed by atoms with Crippen LogP contribution < -0.4 is 11.2 Å². The first-order chi connectivity index (χ1) is 13.5. The Labute approximate surface area is 167 Å². The molecule has 1 aliphatic heterocycles. The highest BCUT2D eigenvalue weighted by Gasteiger charge is 2.40. The van der Waals surface area contributed by atoms with Gasteiger partial charge in [-0.05, 0) is 11.8 Å². The fourth-order valence-corrected chi connectivity index (χ4v) is 3.15. The van der Waals surface area contributed by atoms with Crippen molar-refractivity contribution in [3.05, 3.63) is 32.6 Å². The highest BCUT2D eigenvalue weighted by molar-refractivity contribution is 8.13. The van der Waals surface area contributed by atoms with E-state index in [1.807, 2.05) is 0 Å². The predicted molar refractivity (Wildman–Crippen MR) is 97.5 cm³/mol. The maximum atomic E-state index is 13.0. The second-order valence-electron chi connectivity index (χ2n) is 6.35. The van der Waals surface area contributed by atoms with Crippen molar-refractivity contribution >= 4 is 17.1 Å². The van der Waals surface area contributed by atoms with Gasteiger partial charge in [0, 0.05) is 17.9 Å². The number of carbonyl (C=O) groups is 1. The number of thioether (sulfide) groups is 1. The van der Waals surface area contributed by atoms with Crippen molar-refractivity contribution in [2.45, 2.75) is 50.1 Å². The molecule has 2 heterocycles. The normalized spacial score (nSPS) is 21.9. The third-order valence-electron chi connectivity index (χ3n) is 3.84. The van der Waals surface area contributed by atoms with Crippen molar-refractivity contribution < 1.29 is 32.2 Å². The van der Waals surface area contributed by atoms with Crippen molar-refractivity contribution in [1.82, 2.24) is 9.55 Å². The molecule has 2 rings (SSSR count). The lowest BCUT2D eigenvalue weighted by molar-refractivity contribution is -0.139. The molecule has 3 atom stereocenters. The van der Waals surface area contributed by atoms with Crippen LogP contribution in [0.1, 0.15) is 32.1 Å². The molecule has 1 aromatic heterocycles. The second-order valence-corrected chi connectivity index (χ2v) is 7.87. The summed E-state index contributed by atoms with van der Waals surface area (Å²) in [4.78, 5) is 36.8. The summed E-state index contributed by atoms with van der Waals surface area (Å²) in [5.41, 5.74) is -4.16. The molecule has 0 bridgehead atoms. The number of ether oxygens (including phenoxy) is 3. The summed E-state index contributed by atoms with van der Waals surface area (Å²) in [7, 11) is 0. The average Bonchev–Trinajstić information content (AvgIpc) is 2.99. The molecule has 0 saturated carbocycles. The van der Waals surface area contributed by atoms with Gasteiger partial charge in [0.1, 0.15) is 31.1 Å². The quantitative estimate of drug-likeness (QED) is 0.539. The number of hydrogen-bond donors (Lipinski definition) is 1. The van der Waals surface area contributed by atoms with E-state index in [0.717, 1.165) is 11.8 Å². The van der Waals surface area contributed by atoms with E-state index in [1.54, 1.807) is 18.8 Å². The molecule has 0 amide bonds. The number of nitrogens with one attached hydrogen (secondary N) is 1. The summed E-state index contributed by atoms with van der Waals surface area (Å²) in [6.07, 6.45) is -2.21. The minimum atomic E-state index is -4.95. The summed E-state index contributed by atoms with van der Waals surface area (Å²) in [6, 6.07) is 0. The van der Waals surface area contributed by atoms with Crippen molar-refractivity contribution in [2.75, 3.05) is 13.2 Å². The lowest BCUT2D eigenvalue weighted by Crippen LogP contribution is -2.36. The zero-order valence-electron chi connectivity index (χ0n) is 15.5. The Balaban J connectivity index is 2.22. The minimum Gasteiger partial charge on any atom is -0.455 e. The van der Waals surface area contributed by atoms with Gasteiger partial charge in [0.05, 0.1) is 6.10 Å². The minimum absolute atomic E-state index is 0.00579. The van der Waals surface area contributed by atoms with Crippen LogP contribution in [-0.4, -0.2) is 45.5 Å². The summed E-state index contributed by atoms with van der Waals surface area (Å²) >= 11 is 0.953. The van der Waals surface area contributed by atoms with Crippen LogP contribution in [-0.2, 0) is 20.4 Å². The maximum Gasteiger partial charge on any atom is 0.423 e. The van der Waals surface area contributed by atoms with Gasteiger partial charge < -0.3 is 14.2 Å². The molecule has 160 valence electrons. The number of H-pyrrole nitrogens is 1. The van der Waals surface area contributed by atoms with Crippen LogP contribution in [0.25, 0.3) is 0 Å². The molecule has 12 heteroatoms. The Morgan fingerprint density at radius 1 is 1.48 bits per heavy atom. The summed E-state index contributed by atoms with van der Waals surface area (Å²) in [5, 5.41) is -0.558. The predicted octanol–water partition coefficient (Wildman–Crippen LogP) is 2.14. The van der Waals surface area contributed by atoms with E-state index < -0.39 is 46.7 Å². The Bertz CT molecular complexity index is 889. The van der Waals surface area contributed by atoms with Gasteiger partial charge in [0.25, 0.3) is 5.56 Å². The zero-order chi connectivity index (χ0) is 21.8. The van der Waals surface area contributed by atoms with Crippen molar-refractivity contribution in [2.24, 2.45) is 0 Å². The third-order valence-corrected chi connectivity index (χ3v) is 4.62. The first kappa shape index (κ1) is 23.1. The number of carbonyl (C=O) groups excluding carboxylic acids is 1. The van der Waals surface area contributed by atoms with Crippen LogP contribution in [0.15, 0.2) is 15.8 Å². The molecular formula is C17H19F3N2O6S. The number of alkyl halides is 3. The van der Waals surface area contributed by atoms with Gasteiger partial charge in [-0.1, -0.05) is 19.8 Å². The van der Waals surface area contributed by atoms with Crippen LogP contribution in [0.5, 0.6) is 0 Å². The van der Waals surface area contributed by atoms with E-state index in [2.05, 4.69) is 5.92 Å². The van der Waals surface area contributed by atoms with E-state index in [4.69, 9.17) is 20.6 Å². The fraction of sp³-hybridized carbons (Fsp3) is 0.588. The number of nitrogens with zero attached hydrogens (tertiary/aromatic N) is 1. The second kappa shape index (κ2) is 9.51. The molecule has 0 aromatic carbocycles. The Kier molecular flexibility index (Phi) is 7.56. The first-order valence-corrected chi connectivity index (χ1v) is 9.37. The average molecular weight is 436 g/mol.